The van der Waals surface area contributed by atoms with Gasteiger partial charge < -0.3 is 10.2 Å². The van der Waals surface area contributed by atoms with Gasteiger partial charge in [0.15, 0.2) is 0 Å². The smallest absolute Gasteiger partial charge is 0.352 e. The lowest BCUT2D eigenvalue weighted by Crippen LogP contribution is -2.32. The molecule has 1 saturated heterocycles. The zero-order chi connectivity index (χ0) is 25.6. The van der Waals surface area contributed by atoms with Gasteiger partial charge in [-0.15, -0.1) is 0 Å². The number of sulfonamides is 1. The summed E-state index contributed by atoms with van der Waals surface area (Å²) in [4.78, 5) is 30.7. The summed E-state index contributed by atoms with van der Waals surface area (Å²) in [6, 6.07) is 7.67. The number of rotatable bonds is 9. The highest BCUT2D eigenvalue weighted by Gasteiger charge is 2.30. The van der Waals surface area contributed by atoms with Crippen LogP contribution in [0, 0.1) is 5.92 Å². The summed E-state index contributed by atoms with van der Waals surface area (Å²) in [6.45, 7) is 4.44. The van der Waals surface area contributed by atoms with Crippen LogP contribution in [0.1, 0.15) is 33.6 Å². The Labute approximate surface area is 201 Å². The van der Waals surface area contributed by atoms with Crippen molar-refractivity contribution in [2.75, 3.05) is 19.6 Å². The van der Waals surface area contributed by atoms with Crippen molar-refractivity contribution in [3.63, 3.8) is 0 Å². The van der Waals surface area contributed by atoms with Crippen LogP contribution in [-0.4, -0.2) is 49.8 Å². The van der Waals surface area contributed by atoms with E-state index in [1.165, 1.54) is 18.3 Å². The second-order valence-electron chi connectivity index (χ2n) is 8.15. The highest BCUT2D eigenvalue weighted by molar-refractivity contribution is 7.92. The predicted octanol–water partition coefficient (Wildman–Crippen LogP) is 2.48. The largest absolute Gasteiger partial charge is 0.416 e. The first-order valence-electron chi connectivity index (χ1n) is 10.8. The molecule has 1 aromatic carbocycles. The Bertz CT molecular complexity index is 1170. The van der Waals surface area contributed by atoms with Crippen molar-refractivity contribution >= 4 is 21.8 Å². The number of nitrogens with one attached hydrogen (secondary N) is 2. The third-order valence-electron chi connectivity index (χ3n) is 5.55. The molecule has 1 aliphatic heterocycles. The molecule has 1 fully saturated rings. The fourth-order valence-electron chi connectivity index (χ4n) is 3.55. The van der Waals surface area contributed by atoms with Crippen LogP contribution in [0.5, 0.6) is 0 Å². The van der Waals surface area contributed by atoms with Crippen LogP contribution in [0.4, 0.5) is 13.2 Å². The maximum atomic E-state index is 12.7. The number of carbonyl (C=O) groups is 2. The summed E-state index contributed by atoms with van der Waals surface area (Å²) < 4.78 is 63.2. The molecule has 2 aromatic rings. The van der Waals surface area contributed by atoms with Gasteiger partial charge in [-0.25, -0.2) is 13.1 Å². The zero-order valence-corrected chi connectivity index (χ0v) is 19.5. The monoisotopic (exact) mass is 510 g/mol. The van der Waals surface area contributed by atoms with Gasteiger partial charge >= 0.3 is 6.18 Å². The molecule has 2 heterocycles. The molecule has 1 aliphatic rings. The Morgan fingerprint density at radius 2 is 1.89 bits per heavy atom. The molecule has 2 amide bonds. The molecule has 0 aliphatic carbocycles. The SMILES string of the molecule is C=CS(=O)(=O)NCC1CCN(C(=O)c2ccc(CC(=O)NCc3ccc(C(F)(F)F)cc3)nc2)C1. The number of carbonyl (C=O) groups excluding carboxylic acids is 2. The minimum atomic E-state index is -4.41. The first-order chi connectivity index (χ1) is 16.5. The van der Waals surface area contributed by atoms with Gasteiger partial charge in [-0.05, 0) is 42.2 Å². The summed E-state index contributed by atoms with van der Waals surface area (Å²) in [5.74, 6) is -0.597. The number of halogens is 3. The number of hydrogen-bond acceptors (Lipinski definition) is 5. The number of benzene rings is 1. The Morgan fingerprint density at radius 1 is 1.17 bits per heavy atom. The highest BCUT2D eigenvalue weighted by atomic mass is 32.2. The summed E-state index contributed by atoms with van der Waals surface area (Å²) >= 11 is 0. The van der Waals surface area contributed by atoms with Gasteiger partial charge in [0.1, 0.15) is 0 Å². The van der Waals surface area contributed by atoms with E-state index < -0.39 is 21.8 Å². The van der Waals surface area contributed by atoms with Gasteiger partial charge in [-0.1, -0.05) is 18.7 Å². The van der Waals surface area contributed by atoms with Gasteiger partial charge in [-0.3, -0.25) is 14.6 Å². The molecule has 3 rings (SSSR count). The van der Waals surface area contributed by atoms with E-state index in [1.54, 1.807) is 17.0 Å². The molecular weight excluding hydrogens is 485 g/mol. The standard InChI is InChI=1S/C23H25F3N4O4S/c1-2-35(33,34)29-13-17-9-10-30(15-17)22(32)18-5-8-20(27-14-18)11-21(31)28-12-16-3-6-19(7-4-16)23(24,25)26/h2-8,14,17,29H,1,9-13,15H2,(H,28,31). The van der Waals surface area contributed by atoms with Gasteiger partial charge in [0.25, 0.3) is 5.91 Å². The van der Waals surface area contributed by atoms with Crippen LogP contribution >= 0.6 is 0 Å². The zero-order valence-electron chi connectivity index (χ0n) is 18.7. The molecule has 12 heteroatoms. The summed E-state index contributed by atoms with van der Waals surface area (Å²) in [7, 11) is -3.51. The van der Waals surface area contributed by atoms with Gasteiger partial charge in [-0.2, -0.15) is 13.2 Å². The van der Waals surface area contributed by atoms with Crippen molar-refractivity contribution in [1.82, 2.24) is 19.9 Å². The Morgan fingerprint density at radius 3 is 2.49 bits per heavy atom. The molecule has 0 bridgehead atoms. The molecule has 1 unspecified atom stereocenters. The molecule has 8 nitrogen and oxygen atoms in total. The summed E-state index contributed by atoms with van der Waals surface area (Å²) in [5, 5.41) is 3.47. The second-order valence-corrected chi connectivity index (χ2v) is 9.86. The highest BCUT2D eigenvalue weighted by Crippen LogP contribution is 2.29. The number of nitrogens with zero attached hydrogens (tertiary/aromatic N) is 2. The molecule has 35 heavy (non-hydrogen) atoms. The molecule has 1 aromatic heterocycles. The van der Waals surface area contributed by atoms with Crippen molar-refractivity contribution < 1.29 is 31.2 Å². The first-order valence-corrected chi connectivity index (χ1v) is 12.3. The molecule has 0 spiro atoms. The minimum Gasteiger partial charge on any atom is -0.352 e. The fraction of sp³-hybridized carbons (Fsp3) is 0.348. The molecular formula is C23H25F3N4O4S. The Balaban J connectivity index is 1.46. The van der Waals surface area contributed by atoms with E-state index in [9.17, 15) is 31.2 Å². The minimum absolute atomic E-state index is 0.00531. The maximum Gasteiger partial charge on any atom is 0.416 e. The topological polar surface area (TPSA) is 108 Å². The Hall–Kier alpha value is -3.25. The van der Waals surface area contributed by atoms with E-state index in [0.717, 1.165) is 17.5 Å². The third kappa shape index (κ3) is 7.62. The summed E-state index contributed by atoms with van der Waals surface area (Å²) in [5.41, 5.74) is 0.561. The lowest BCUT2D eigenvalue weighted by atomic mass is 10.1. The van der Waals surface area contributed by atoms with Crippen LogP contribution in [-0.2, 0) is 34.0 Å². The van der Waals surface area contributed by atoms with Crippen molar-refractivity contribution in [2.45, 2.75) is 25.6 Å². The van der Waals surface area contributed by atoms with Crippen molar-refractivity contribution in [2.24, 2.45) is 5.92 Å². The second kappa shape index (κ2) is 11.0. The summed E-state index contributed by atoms with van der Waals surface area (Å²) in [6.07, 6.45) is -2.42. The van der Waals surface area contributed by atoms with Crippen LogP contribution in [0.15, 0.2) is 54.6 Å². The predicted molar refractivity (Wildman–Crippen MR) is 122 cm³/mol. The molecule has 0 radical (unpaired) electrons. The number of hydrogen-bond donors (Lipinski definition) is 2. The van der Waals surface area contributed by atoms with E-state index in [0.29, 0.717) is 36.3 Å². The first kappa shape index (κ1) is 26.4. The van der Waals surface area contributed by atoms with Crippen molar-refractivity contribution in [3.8, 4) is 0 Å². The number of aromatic nitrogens is 1. The van der Waals surface area contributed by atoms with Crippen LogP contribution in [0.3, 0.4) is 0 Å². The molecule has 0 saturated carbocycles. The number of likely N-dealkylation sites (tertiary alicyclic amines) is 1. The van der Waals surface area contributed by atoms with E-state index in [2.05, 4.69) is 21.6 Å². The average molecular weight is 511 g/mol. The van der Waals surface area contributed by atoms with Crippen LogP contribution < -0.4 is 10.0 Å². The van der Waals surface area contributed by atoms with Crippen LogP contribution in [0.2, 0.25) is 0 Å². The lowest BCUT2D eigenvalue weighted by molar-refractivity contribution is -0.137. The van der Waals surface area contributed by atoms with E-state index >= 15 is 0 Å². The lowest BCUT2D eigenvalue weighted by Gasteiger charge is -2.16. The van der Waals surface area contributed by atoms with E-state index in [-0.39, 0.29) is 37.2 Å². The quantitative estimate of drug-likeness (QED) is 0.539. The molecule has 2 N–H and O–H groups in total. The molecule has 1 atom stereocenters. The van der Waals surface area contributed by atoms with E-state index in [1.807, 2.05) is 0 Å². The number of pyridine rings is 1. The van der Waals surface area contributed by atoms with Gasteiger partial charge in [0.05, 0.1) is 17.5 Å². The van der Waals surface area contributed by atoms with Gasteiger partial charge in [0.2, 0.25) is 15.9 Å². The normalized spacial score (nSPS) is 16.2. The fourth-order valence-corrected chi connectivity index (χ4v) is 4.14. The number of alkyl halides is 3. The van der Waals surface area contributed by atoms with Crippen molar-refractivity contribution in [3.05, 3.63) is 77.0 Å². The van der Waals surface area contributed by atoms with Crippen molar-refractivity contribution in [1.29, 1.82) is 0 Å². The Kier molecular flexibility index (Phi) is 8.28. The maximum absolute atomic E-state index is 12.7. The average Bonchev–Trinajstić information content (AvgIpc) is 3.30. The molecule has 188 valence electrons. The number of amides is 2. The van der Waals surface area contributed by atoms with Crippen LogP contribution in [0.25, 0.3) is 0 Å². The third-order valence-corrected chi connectivity index (χ3v) is 6.56. The van der Waals surface area contributed by atoms with E-state index in [4.69, 9.17) is 0 Å². The van der Waals surface area contributed by atoms with Gasteiger partial charge in [0, 0.05) is 43.5 Å².